The monoisotopic (exact) mass is 198 g/mol. The Balaban J connectivity index is 1.99. The highest BCUT2D eigenvalue weighted by Crippen LogP contribution is 2.30. The van der Waals surface area contributed by atoms with Crippen molar-refractivity contribution in [2.75, 3.05) is 13.2 Å². The standard InChI is InChI=1S/C10H14O2S/c11-10(9-3-6-13-7-9)8-1-4-12-5-2-8/h3,6-8,10-11H,1-2,4-5H2/t10-/m0/s1. The summed E-state index contributed by atoms with van der Waals surface area (Å²) >= 11 is 1.64. The van der Waals surface area contributed by atoms with Crippen molar-refractivity contribution in [1.29, 1.82) is 0 Å². The Morgan fingerprint density at radius 3 is 2.85 bits per heavy atom. The van der Waals surface area contributed by atoms with Gasteiger partial charge in [-0.05, 0) is 41.1 Å². The molecule has 1 aliphatic rings. The second-order valence-corrected chi connectivity index (χ2v) is 4.23. The fourth-order valence-electron chi connectivity index (χ4n) is 1.75. The number of hydrogen-bond acceptors (Lipinski definition) is 3. The van der Waals surface area contributed by atoms with E-state index in [2.05, 4.69) is 0 Å². The van der Waals surface area contributed by atoms with Crippen LogP contribution >= 0.6 is 11.3 Å². The van der Waals surface area contributed by atoms with Crippen molar-refractivity contribution >= 4 is 11.3 Å². The van der Waals surface area contributed by atoms with Crippen LogP contribution in [0, 0.1) is 5.92 Å². The van der Waals surface area contributed by atoms with Crippen LogP contribution in [-0.2, 0) is 4.74 Å². The van der Waals surface area contributed by atoms with Gasteiger partial charge in [0, 0.05) is 13.2 Å². The molecule has 0 spiro atoms. The fourth-order valence-corrected chi connectivity index (χ4v) is 2.44. The van der Waals surface area contributed by atoms with E-state index in [0.717, 1.165) is 31.6 Å². The summed E-state index contributed by atoms with van der Waals surface area (Å²) in [4.78, 5) is 0. The third kappa shape index (κ3) is 2.10. The normalized spacial score (nSPS) is 21.6. The van der Waals surface area contributed by atoms with Crippen LogP contribution in [0.1, 0.15) is 24.5 Å². The molecule has 13 heavy (non-hydrogen) atoms. The zero-order valence-corrected chi connectivity index (χ0v) is 8.30. The maximum atomic E-state index is 9.99. The topological polar surface area (TPSA) is 29.5 Å². The molecule has 0 unspecified atom stereocenters. The van der Waals surface area contributed by atoms with Gasteiger partial charge in [0.1, 0.15) is 0 Å². The Kier molecular flexibility index (Phi) is 2.98. The number of thiophene rings is 1. The predicted molar refractivity (Wildman–Crippen MR) is 52.8 cm³/mol. The number of hydrogen-bond donors (Lipinski definition) is 1. The molecule has 3 heteroatoms. The Morgan fingerprint density at radius 2 is 2.23 bits per heavy atom. The van der Waals surface area contributed by atoms with Gasteiger partial charge in [-0.3, -0.25) is 0 Å². The highest BCUT2D eigenvalue weighted by molar-refractivity contribution is 7.07. The molecule has 0 aliphatic carbocycles. The van der Waals surface area contributed by atoms with Gasteiger partial charge in [-0.15, -0.1) is 0 Å². The van der Waals surface area contributed by atoms with E-state index in [1.807, 2.05) is 16.8 Å². The molecule has 0 saturated carbocycles. The van der Waals surface area contributed by atoms with E-state index in [-0.39, 0.29) is 6.10 Å². The van der Waals surface area contributed by atoms with Crippen LogP contribution in [0.5, 0.6) is 0 Å². The summed E-state index contributed by atoms with van der Waals surface area (Å²) in [7, 11) is 0. The van der Waals surface area contributed by atoms with E-state index >= 15 is 0 Å². The van der Waals surface area contributed by atoms with Crippen LogP contribution in [0.3, 0.4) is 0 Å². The molecule has 0 radical (unpaired) electrons. The zero-order valence-electron chi connectivity index (χ0n) is 7.48. The lowest BCUT2D eigenvalue weighted by Gasteiger charge is -2.26. The smallest absolute Gasteiger partial charge is 0.0827 e. The first-order valence-corrected chi connectivity index (χ1v) is 5.60. The lowest BCUT2D eigenvalue weighted by molar-refractivity contribution is 0.00734. The maximum absolute atomic E-state index is 9.99. The van der Waals surface area contributed by atoms with Crippen molar-refractivity contribution in [2.45, 2.75) is 18.9 Å². The van der Waals surface area contributed by atoms with Gasteiger partial charge >= 0.3 is 0 Å². The molecule has 1 aromatic heterocycles. The molecular weight excluding hydrogens is 184 g/mol. The van der Waals surface area contributed by atoms with Gasteiger partial charge in [-0.2, -0.15) is 11.3 Å². The Morgan fingerprint density at radius 1 is 1.46 bits per heavy atom. The molecule has 0 amide bonds. The van der Waals surface area contributed by atoms with Crippen LogP contribution < -0.4 is 0 Å². The van der Waals surface area contributed by atoms with Crippen molar-refractivity contribution in [3.05, 3.63) is 22.4 Å². The Hall–Kier alpha value is -0.380. The number of aliphatic hydroxyl groups excluding tert-OH is 1. The zero-order chi connectivity index (χ0) is 9.10. The molecule has 1 aromatic rings. The van der Waals surface area contributed by atoms with Crippen molar-refractivity contribution in [2.24, 2.45) is 5.92 Å². The Bertz CT molecular complexity index is 239. The van der Waals surface area contributed by atoms with E-state index < -0.39 is 0 Å². The lowest BCUT2D eigenvalue weighted by atomic mass is 9.91. The fraction of sp³-hybridized carbons (Fsp3) is 0.600. The average Bonchev–Trinajstić information content (AvgIpc) is 2.71. The molecule has 1 N–H and O–H groups in total. The van der Waals surface area contributed by atoms with Crippen LogP contribution in [0.25, 0.3) is 0 Å². The molecule has 1 fully saturated rings. The lowest BCUT2D eigenvalue weighted by Crippen LogP contribution is -2.21. The quantitative estimate of drug-likeness (QED) is 0.789. The van der Waals surface area contributed by atoms with Gasteiger partial charge in [-0.1, -0.05) is 0 Å². The van der Waals surface area contributed by atoms with Crippen LogP contribution in [0.2, 0.25) is 0 Å². The molecule has 0 bridgehead atoms. The van der Waals surface area contributed by atoms with Crippen LogP contribution in [0.4, 0.5) is 0 Å². The number of rotatable bonds is 2. The summed E-state index contributed by atoms with van der Waals surface area (Å²) in [5, 5.41) is 14.0. The third-order valence-electron chi connectivity index (χ3n) is 2.60. The minimum atomic E-state index is -0.282. The molecule has 1 aliphatic heterocycles. The molecular formula is C10H14O2S. The molecule has 2 heterocycles. The first-order chi connectivity index (χ1) is 6.38. The summed E-state index contributed by atoms with van der Waals surface area (Å²) in [6.45, 7) is 1.59. The molecule has 2 rings (SSSR count). The van der Waals surface area contributed by atoms with Gasteiger partial charge in [0.2, 0.25) is 0 Å². The second kappa shape index (κ2) is 4.22. The van der Waals surface area contributed by atoms with Crippen molar-refractivity contribution in [1.82, 2.24) is 0 Å². The van der Waals surface area contributed by atoms with Crippen molar-refractivity contribution in [3.8, 4) is 0 Å². The van der Waals surface area contributed by atoms with E-state index in [0.29, 0.717) is 5.92 Å². The minimum Gasteiger partial charge on any atom is -0.388 e. The van der Waals surface area contributed by atoms with Crippen molar-refractivity contribution < 1.29 is 9.84 Å². The molecule has 2 nitrogen and oxygen atoms in total. The predicted octanol–water partition coefficient (Wildman–Crippen LogP) is 2.21. The van der Waals surface area contributed by atoms with Crippen LogP contribution in [-0.4, -0.2) is 18.3 Å². The highest BCUT2D eigenvalue weighted by atomic mass is 32.1. The maximum Gasteiger partial charge on any atom is 0.0827 e. The SMILES string of the molecule is O[C@H](c1ccsc1)C1CCOCC1. The summed E-state index contributed by atoms with van der Waals surface area (Å²) in [5.74, 6) is 0.392. The molecule has 72 valence electrons. The summed E-state index contributed by atoms with van der Waals surface area (Å²) in [6, 6.07) is 2.00. The number of ether oxygens (including phenoxy) is 1. The first kappa shape index (κ1) is 9.19. The van der Waals surface area contributed by atoms with Gasteiger partial charge in [0.05, 0.1) is 6.10 Å². The first-order valence-electron chi connectivity index (χ1n) is 4.66. The largest absolute Gasteiger partial charge is 0.388 e. The van der Waals surface area contributed by atoms with Gasteiger partial charge < -0.3 is 9.84 Å². The average molecular weight is 198 g/mol. The van der Waals surface area contributed by atoms with E-state index in [1.54, 1.807) is 11.3 Å². The summed E-state index contributed by atoms with van der Waals surface area (Å²) < 4.78 is 5.26. The van der Waals surface area contributed by atoms with E-state index in [4.69, 9.17) is 4.74 Å². The molecule has 1 saturated heterocycles. The van der Waals surface area contributed by atoms with E-state index in [9.17, 15) is 5.11 Å². The summed E-state index contributed by atoms with van der Waals surface area (Å²) in [6.07, 6.45) is 1.68. The van der Waals surface area contributed by atoms with Gasteiger partial charge in [0.25, 0.3) is 0 Å². The van der Waals surface area contributed by atoms with Crippen LogP contribution in [0.15, 0.2) is 16.8 Å². The molecule has 1 atom stereocenters. The van der Waals surface area contributed by atoms with Gasteiger partial charge in [0.15, 0.2) is 0 Å². The van der Waals surface area contributed by atoms with E-state index in [1.165, 1.54) is 0 Å². The molecule has 0 aromatic carbocycles. The van der Waals surface area contributed by atoms with Gasteiger partial charge in [-0.25, -0.2) is 0 Å². The second-order valence-electron chi connectivity index (χ2n) is 3.45. The summed E-state index contributed by atoms with van der Waals surface area (Å²) in [5.41, 5.74) is 1.07. The Labute approximate surface area is 82.2 Å². The number of aliphatic hydroxyl groups is 1. The minimum absolute atomic E-state index is 0.282. The highest BCUT2D eigenvalue weighted by Gasteiger charge is 2.23. The van der Waals surface area contributed by atoms with Crippen molar-refractivity contribution in [3.63, 3.8) is 0 Å². The third-order valence-corrected chi connectivity index (χ3v) is 3.30.